The van der Waals surface area contributed by atoms with Crippen molar-refractivity contribution in [1.82, 2.24) is 20.2 Å². The Hall–Kier alpha value is -3.02. The number of methoxy groups -OCH3 is 1. The van der Waals surface area contributed by atoms with Crippen molar-refractivity contribution in [2.24, 2.45) is 0 Å². The number of esters is 1. The number of hydrogen-bond acceptors (Lipinski definition) is 5. The number of ether oxygens (including phenoxy) is 1. The molecule has 1 heterocycles. The topological polar surface area (TPSA) is 69.9 Å². The fourth-order valence-electron chi connectivity index (χ4n) is 2.53. The van der Waals surface area contributed by atoms with E-state index < -0.39 is 0 Å². The average molecular weight is 352 g/mol. The van der Waals surface area contributed by atoms with E-state index in [0.29, 0.717) is 17.9 Å². The fraction of sp³-hybridized carbons (Fsp3) is 0.300. The first kappa shape index (κ1) is 19.3. The number of benzene rings is 2. The molecule has 136 valence electrons. The zero-order chi connectivity index (χ0) is 19.1. The van der Waals surface area contributed by atoms with Gasteiger partial charge in [-0.05, 0) is 53.6 Å². The molecule has 0 unspecified atom stereocenters. The van der Waals surface area contributed by atoms with Crippen molar-refractivity contribution in [2.75, 3.05) is 7.11 Å². The molecule has 6 heteroatoms. The van der Waals surface area contributed by atoms with E-state index in [1.54, 1.807) is 10.7 Å². The summed E-state index contributed by atoms with van der Waals surface area (Å²) in [6, 6.07) is 13.7. The minimum absolute atomic E-state index is 0.388. The number of rotatable bonds is 4. The molecule has 1 aromatic heterocycles. The summed E-state index contributed by atoms with van der Waals surface area (Å²) >= 11 is 0. The summed E-state index contributed by atoms with van der Waals surface area (Å²) < 4.78 is 6.57. The summed E-state index contributed by atoms with van der Waals surface area (Å²) in [4.78, 5) is 12.0. The summed E-state index contributed by atoms with van der Waals surface area (Å²) in [5, 5.41) is 11.8. The van der Waals surface area contributed by atoms with Crippen molar-refractivity contribution in [3.05, 3.63) is 53.6 Å². The second kappa shape index (κ2) is 8.89. The van der Waals surface area contributed by atoms with E-state index in [-0.39, 0.29) is 5.97 Å². The van der Waals surface area contributed by atoms with Gasteiger partial charge >= 0.3 is 5.97 Å². The van der Waals surface area contributed by atoms with Crippen LogP contribution in [0.15, 0.2) is 42.5 Å². The molecule has 0 saturated carbocycles. The lowest BCUT2D eigenvalue weighted by atomic mass is 9.98. The Morgan fingerprint density at radius 2 is 1.69 bits per heavy atom. The molecule has 0 fully saturated rings. The molecule has 0 spiro atoms. The van der Waals surface area contributed by atoms with Gasteiger partial charge in [-0.25, -0.2) is 9.48 Å². The zero-order valence-electron chi connectivity index (χ0n) is 15.9. The summed E-state index contributed by atoms with van der Waals surface area (Å²) in [5.74, 6) is 0.234. The number of carbonyl (C=O) groups excluding carboxylic acids is 1. The first-order chi connectivity index (χ1) is 12.6. The molecule has 0 N–H and O–H groups in total. The van der Waals surface area contributed by atoms with Gasteiger partial charge in [0.05, 0.1) is 12.7 Å². The van der Waals surface area contributed by atoms with E-state index in [2.05, 4.69) is 15.5 Å². The van der Waals surface area contributed by atoms with Crippen LogP contribution in [0.3, 0.4) is 0 Å². The maximum Gasteiger partial charge on any atom is 0.337 e. The van der Waals surface area contributed by atoms with Crippen LogP contribution in [0.25, 0.3) is 22.5 Å². The lowest BCUT2D eigenvalue weighted by Crippen LogP contribution is -2.04. The van der Waals surface area contributed by atoms with Crippen molar-refractivity contribution < 1.29 is 9.53 Å². The number of aromatic nitrogens is 4. The van der Waals surface area contributed by atoms with Gasteiger partial charge in [0.1, 0.15) is 0 Å². The van der Waals surface area contributed by atoms with Gasteiger partial charge in [-0.3, -0.25) is 0 Å². The minimum atomic E-state index is -0.388. The molecule has 0 bridgehead atoms. The lowest BCUT2D eigenvalue weighted by Gasteiger charge is -2.09. The van der Waals surface area contributed by atoms with Crippen LogP contribution in [-0.2, 0) is 11.3 Å². The third-order valence-electron chi connectivity index (χ3n) is 3.83. The Balaban J connectivity index is 0.00000117. The Morgan fingerprint density at radius 1 is 1.04 bits per heavy atom. The minimum Gasteiger partial charge on any atom is -0.465 e. The number of nitrogens with zero attached hydrogens (tertiary/aromatic N) is 4. The molecule has 3 rings (SSSR count). The van der Waals surface area contributed by atoms with Crippen LogP contribution >= 0.6 is 0 Å². The number of tetrazole rings is 1. The molecule has 0 saturated heterocycles. The molecular weight excluding hydrogens is 328 g/mol. The quantitative estimate of drug-likeness (QED) is 0.660. The third kappa shape index (κ3) is 4.14. The maximum absolute atomic E-state index is 12.0. The monoisotopic (exact) mass is 352 g/mol. The molecule has 0 aliphatic carbocycles. The zero-order valence-corrected chi connectivity index (χ0v) is 15.9. The van der Waals surface area contributed by atoms with Gasteiger partial charge < -0.3 is 4.74 Å². The highest BCUT2D eigenvalue weighted by molar-refractivity contribution is 5.93. The van der Waals surface area contributed by atoms with Gasteiger partial charge in [0.25, 0.3) is 0 Å². The van der Waals surface area contributed by atoms with Crippen LogP contribution in [0.1, 0.15) is 36.7 Å². The van der Waals surface area contributed by atoms with Gasteiger partial charge in [0.15, 0.2) is 5.82 Å². The van der Waals surface area contributed by atoms with Crippen LogP contribution in [-0.4, -0.2) is 33.3 Å². The second-order valence-corrected chi connectivity index (χ2v) is 5.47. The Bertz CT molecular complexity index is 870. The van der Waals surface area contributed by atoms with Gasteiger partial charge in [-0.2, -0.15) is 0 Å². The van der Waals surface area contributed by atoms with E-state index in [1.807, 2.05) is 64.1 Å². The highest BCUT2D eigenvalue weighted by Crippen LogP contribution is 2.27. The number of aryl methyl sites for hydroxylation is 2. The van der Waals surface area contributed by atoms with Crippen molar-refractivity contribution in [1.29, 1.82) is 0 Å². The van der Waals surface area contributed by atoms with Gasteiger partial charge in [-0.15, -0.1) is 5.10 Å². The molecule has 0 aliphatic heterocycles. The number of carbonyl (C=O) groups is 1. The van der Waals surface area contributed by atoms with E-state index in [9.17, 15) is 4.79 Å². The van der Waals surface area contributed by atoms with E-state index in [0.717, 1.165) is 16.7 Å². The number of hydrogen-bond donors (Lipinski definition) is 0. The largest absolute Gasteiger partial charge is 0.465 e. The molecule has 3 aromatic rings. The molecule has 0 atom stereocenters. The summed E-state index contributed by atoms with van der Waals surface area (Å²) in [6.07, 6.45) is 0. The SMILES string of the molecule is CC.CCn1nnnc1-c1cc(C(=O)OC)cc(-c2ccc(C)cc2)c1. The van der Waals surface area contributed by atoms with Crippen molar-refractivity contribution in [2.45, 2.75) is 34.2 Å². The summed E-state index contributed by atoms with van der Waals surface area (Å²) in [5.41, 5.74) is 4.36. The van der Waals surface area contributed by atoms with Crippen molar-refractivity contribution >= 4 is 5.97 Å². The molecule has 0 aliphatic rings. The van der Waals surface area contributed by atoms with Crippen LogP contribution < -0.4 is 0 Å². The Morgan fingerprint density at radius 3 is 2.31 bits per heavy atom. The van der Waals surface area contributed by atoms with Crippen LogP contribution in [0, 0.1) is 6.92 Å². The second-order valence-electron chi connectivity index (χ2n) is 5.47. The van der Waals surface area contributed by atoms with E-state index >= 15 is 0 Å². The fourth-order valence-corrected chi connectivity index (χ4v) is 2.53. The molecule has 0 radical (unpaired) electrons. The average Bonchev–Trinajstić information content (AvgIpc) is 3.18. The normalized spacial score (nSPS) is 10.0. The highest BCUT2D eigenvalue weighted by Gasteiger charge is 2.15. The molecule has 6 nitrogen and oxygen atoms in total. The van der Waals surface area contributed by atoms with Crippen LogP contribution in [0.5, 0.6) is 0 Å². The predicted octanol–water partition coefficient (Wildman–Crippen LogP) is 4.15. The molecule has 0 amide bonds. The first-order valence-corrected chi connectivity index (χ1v) is 8.69. The molecular formula is C20H24N4O2. The van der Waals surface area contributed by atoms with Gasteiger partial charge in [-0.1, -0.05) is 43.7 Å². The maximum atomic E-state index is 12.0. The van der Waals surface area contributed by atoms with Crippen LogP contribution in [0.4, 0.5) is 0 Å². The van der Waals surface area contributed by atoms with Crippen molar-refractivity contribution in [3.8, 4) is 22.5 Å². The smallest absolute Gasteiger partial charge is 0.337 e. The predicted molar refractivity (Wildman–Crippen MR) is 102 cm³/mol. The highest BCUT2D eigenvalue weighted by atomic mass is 16.5. The van der Waals surface area contributed by atoms with Gasteiger partial charge in [0.2, 0.25) is 0 Å². The van der Waals surface area contributed by atoms with Crippen molar-refractivity contribution in [3.63, 3.8) is 0 Å². The van der Waals surface area contributed by atoms with Gasteiger partial charge in [0, 0.05) is 12.1 Å². The molecule has 26 heavy (non-hydrogen) atoms. The third-order valence-corrected chi connectivity index (χ3v) is 3.83. The standard InChI is InChI=1S/C18H18N4O2.C2H6/c1-4-22-17(19-20-21-22)15-9-14(10-16(11-15)18(23)24-3)13-7-5-12(2)6-8-13;1-2/h5-11H,4H2,1-3H3;1-2H3. The molecule has 2 aromatic carbocycles. The van der Waals surface area contributed by atoms with E-state index in [4.69, 9.17) is 4.74 Å². The Labute approximate surface area is 153 Å². The Kier molecular flexibility index (Phi) is 6.60. The first-order valence-electron chi connectivity index (χ1n) is 8.69. The lowest BCUT2D eigenvalue weighted by molar-refractivity contribution is 0.0601. The van der Waals surface area contributed by atoms with E-state index in [1.165, 1.54) is 12.7 Å². The van der Waals surface area contributed by atoms with Crippen LogP contribution in [0.2, 0.25) is 0 Å². The summed E-state index contributed by atoms with van der Waals surface area (Å²) in [6.45, 7) is 8.64. The summed E-state index contributed by atoms with van der Waals surface area (Å²) in [7, 11) is 1.37.